The maximum atomic E-state index is 10.6. The summed E-state index contributed by atoms with van der Waals surface area (Å²) in [4.78, 5) is 20.5. The molecule has 0 aliphatic rings. The van der Waals surface area contributed by atoms with Crippen LogP contribution >= 0.6 is 0 Å². The molecule has 1 aromatic rings. The monoisotopic (exact) mass is 224 g/mol. The van der Waals surface area contributed by atoms with Gasteiger partial charge in [-0.3, -0.25) is 9.59 Å². The molecule has 0 spiro atoms. The number of hydrogen-bond acceptors (Lipinski definition) is 4. The van der Waals surface area contributed by atoms with E-state index in [0.717, 1.165) is 5.56 Å². The van der Waals surface area contributed by atoms with E-state index in [1.54, 1.807) is 6.92 Å². The molecule has 0 aromatic heterocycles. The third-order valence-corrected chi connectivity index (χ3v) is 1.56. The standard InChI is InChI=1S/C8H8O.C4H8O3/c1-7(9)8-5-3-2-4-6-8;1-4(5)7-3-6-2/h2-6H,1H3;3H2,1-2H3. The van der Waals surface area contributed by atoms with Gasteiger partial charge in [0.1, 0.15) is 0 Å². The summed E-state index contributed by atoms with van der Waals surface area (Å²) < 4.78 is 8.74. The number of methoxy groups -OCH3 is 1. The summed E-state index contributed by atoms with van der Waals surface area (Å²) in [6.07, 6.45) is 0. The van der Waals surface area contributed by atoms with Crippen molar-refractivity contribution in [3.63, 3.8) is 0 Å². The topological polar surface area (TPSA) is 52.6 Å². The molecule has 0 radical (unpaired) electrons. The molecule has 1 aromatic carbocycles. The van der Waals surface area contributed by atoms with E-state index in [9.17, 15) is 9.59 Å². The van der Waals surface area contributed by atoms with Gasteiger partial charge in [-0.25, -0.2) is 0 Å². The van der Waals surface area contributed by atoms with E-state index in [0.29, 0.717) is 0 Å². The molecule has 0 amide bonds. The fourth-order valence-corrected chi connectivity index (χ4v) is 0.815. The number of rotatable bonds is 3. The Hall–Kier alpha value is -1.68. The van der Waals surface area contributed by atoms with Gasteiger partial charge in [-0.2, -0.15) is 0 Å². The second-order valence-corrected chi connectivity index (χ2v) is 2.96. The fraction of sp³-hybridized carbons (Fsp3) is 0.333. The molecular formula is C12H16O4. The number of ether oxygens (including phenoxy) is 2. The molecule has 0 saturated heterocycles. The Bertz CT molecular complexity index is 319. The Balaban J connectivity index is 0.000000293. The summed E-state index contributed by atoms with van der Waals surface area (Å²) in [7, 11) is 1.46. The second-order valence-electron chi connectivity index (χ2n) is 2.96. The van der Waals surface area contributed by atoms with Gasteiger partial charge in [-0.15, -0.1) is 0 Å². The van der Waals surface area contributed by atoms with E-state index >= 15 is 0 Å². The van der Waals surface area contributed by atoms with Gasteiger partial charge in [-0.1, -0.05) is 30.3 Å². The Morgan fingerprint density at radius 2 is 1.69 bits per heavy atom. The Morgan fingerprint density at radius 1 is 1.12 bits per heavy atom. The molecule has 0 aliphatic heterocycles. The van der Waals surface area contributed by atoms with Crippen LogP contribution < -0.4 is 0 Å². The lowest BCUT2D eigenvalue weighted by molar-refractivity contribution is -0.151. The molecule has 4 nitrogen and oxygen atoms in total. The van der Waals surface area contributed by atoms with Crippen LogP contribution in [0.1, 0.15) is 24.2 Å². The third-order valence-electron chi connectivity index (χ3n) is 1.56. The van der Waals surface area contributed by atoms with E-state index < -0.39 is 0 Å². The van der Waals surface area contributed by atoms with Crippen molar-refractivity contribution in [1.82, 2.24) is 0 Å². The predicted octanol–water partition coefficient (Wildman–Crippen LogP) is 2.04. The minimum Gasteiger partial charge on any atom is -0.439 e. The van der Waals surface area contributed by atoms with E-state index in [1.165, 1.54) is 14.0 Å². The Morgan fingerprint density at radius 3 is 1.94 bits per heavy atom. The summed E-state index contributed by atoms with van der Waals surface area (Å²) in [5.74, 6) is -0.197. The van der Waals surface area contributed by atoms with Gasteiger partial charge < -0.3 is 9.47 Å². The highest BCUT2D eigenvalue weighted by Crippen LogP contribution is 1.97. The Labute approximate surface area is 95.2 Å². The van der Waals surface area contributed by atoms with Crippen molar-refractivity contribution in [2.24, 2.45) is 0 Å². The normalized spacial score (nSPS) is 8.69. The number of esters is 1. The van der Waals surface area contributed by atoms with Gasteiger partial charge in [0.2, 0.25) is 0 Å². The fourth-order valence-electron chi connectivity index (χ4n) is 0.815. The summed E-state index contributed by atoms with van der Waals surface area (Å²) in [6.45, 7) is 2.95. The average molecular weight is 224 g/mol. The van der Waals surface area contributed by atoms with Crippen LogP contribution in [0.2, 0.25) is 0 Å². The molecule has 0 N–H and O–H groups in total. The van der Waals surface area contributed by atoms with Gasteiger partial charge in [0, 0.05) is 19.6 Å². The van der Waals surface area contributed by atoms with Crippen LogP contribution in [0, 0.1) is 0 Å². The van der Waals surface area contributed by atoms with E-state index in [1.807, 2.05) is 30.3 Å². The Kier molecular flexibility index (Phi) is 7.71. The maximum Gasteiger partial charge on any atom is 0.304 e. The zero-order chi connectivity index (χ0) is 12.4. The summed E-state index contributed by atoms with van der Waals surface area (Å²) >= 11 is 0. The average Bonchev–Trinajstić information content (AvgIpc) is 2.28. The van der Waals surface area contributed by atoms with Gasteiger partial charge >= 0.3 is 5.97 Å². The lowest BCUT2D eigenvalue weighted by Gasteiger charge is -1.95. The molecule has 0 saturated carbocycles. The number of benzene rings is 1. The maximum absolute atomic E-state index is 10.6. The first-order valence-electron chi connectivity index (χ1n) is 4.76. The number of Topliss-reactive ketones (excluding diaryl/α,β-unsaturated/α-hetero) is 1. The molecule has 0 bridgehead atoms. The van der Waals surface area contributed by atoms with Crippen molar-refractivity contribution < 1.29 is 19.1 Å². The molecule has 1 rings (SSSR count). The molecule has 4 heteroatoms. The SMILES string of the molecule is CC(=O)c1ccccc1.COCOC(C)=O. The highest BCUT2D eigenvalue weighted by Gasteiger charge is 1.92. The smallest absolute Gasteiger partial charge is 0.304 e. The van der Waals surface area contributed by atoms with Crippen LogP contribution in [-0.2, 0) is 14.3 Å². The first-order valence-corrected chi connectivity index (χ1v) is 4.76. The van der Waals surface area contributed by atoms with Crippen molar-refractivity contribution in [3.8, 4) is 0 Å². The molecule has 0 unspecified atom stereocenters. The number of carbonyl (C=O) groups is 2. The van der Waals surface area contributed by atoms with Crippen LogP contribution in [0.25, 0.3) is 0 Å². The lowest BCUT2D eigenvalue weighted by atomic mass is 10.2. The molecule has 0 aliphatic carbocycles. The summed E-state index contributed by atoms with van der Waals surface area (Å²) in [5, 5.41) is 0. The van der Waals surface area contributed by atoms with Crippen LogP contribution in [0.15, 0.2) is 30.3 Å². The molecule has 16 heavy (non-hydrogen) atoms. The largest absolute Gasteiger partial charge is 0.439 e. The summed E-state index contributed by atoms with van der Waals surface area (Å²) in [6, 6.07) is 9.23. The quantitative estimate of drug-likeness (QED) is 0.448. The zero-order valence-electron chi connectivity index (χ0n) is 9.73. The van der Waals surface area contributed by atoms with E-state index in [-0.39, 0.29) is 18.5 Å². The van der Waals surface area contributed by atoms with Crippen molar-refractivity contribution in [1.29, 1.82) is 0 Å². The van der Waals surface area contributed by atoms with Gasteiger partial charge in [0.15, 0.2) is 12.6 Å². The van der Waals surface area contributed by atoms with E-state index in [4.69, 9.17) is 0 Å². The number of ketones is 1. The van der Waals surface area contributed by atoms with Gasteiger partial charge in [-0.05, 0) is 6.92 Å². The van der Waals surface area contributed by atoms with Crippen LogP contribution in [0.5, 0.6) is 0 Å². The molecular weight excluding hydrogens is 208 g/mol. The highest BCUT2D eigenvalue weighted by atomic mass is 16.7. The van der Waals surface area contributed by atoms with Crippen LogP contribution in [0.3, 0.4) is 0 Å². The highest BCUT2D eigenvalue weighted by molar-refractivity contribution is 5.93. The first kappa shape index (κ1) is 14.3. The van der Waals surface area contributed by atoms with Crippen molar-refractivity contribution in [2.45, 2.75) is 13.8 Å². The predicted molar refractivity (Wildman–Crippen MR) is 60.1 cm³/mol. The molecule has 0 heterocycles. The van der Waals surface area contributed by atoms with Crippen LogP contribution in [-0.4, -0.2) is 25.7 Å². The number of hydrogen-bond donors (Lipinski definition) is 0. The van der Waals surface area contributed by atoms with Crippen molar-refractivity contribution in [3.05, 3.63) is 35.9 Å². The lowest BCUT2D eigenvalue weighted by Crippen LogP contribution is -2.00. The van der Waals surface area contributed by atoms with Gasteiger partial charge in [0.25, 0.3) is 0 Å². The van der Waals surface area contributed by atoms with Crippen molar-refractivity contribution >= 4 is 11.8 Å². The second kappa shape index (κ2) is 8.61. The molecule has 88 valence electrons. The molecule has 0 fully saturated rings. The minimum absolute atomic E-state index is 0.0509. The summed E-state index contributed by atoms with van der Waals surface area (Å²) in [5.41, 5.74) is 0.775. The van der Waals surface area contributed by atoms with Gasteiger partial charge in [0.05, 0.1) is 0 Å². The van der Waals surface area contributed by atoms with Crippen molar-refractivity contribution in [2.75, 3.05) is 13.9 Å². The zero-order valence-corrected chi connectivity index (χ0v) is 9.73. The van der Waals surface area contributed by atoms with Crippen LogP contribution in [0.4, 0.5) is 0 Å². The van der Waals surface area contributed by atoms with E-state index in [2.05, 4.69) is 9.47 Å². The number of carbonyl (C=O) groups excluding carboxylic acids is 2. The first-order chi connectivity index (χ1) is 7.57. The third kappa shape index (κ3) is 7.70. The molecule has 0 atom stereocenters. The minimum atomic E-state index is -0.318.